The van der Waals surface area contributed by atoms with Gasteiger partial charge in [-0.05, 0) is 17.9 Å². The average Bonchev–Trinajstić information content (AvgIpc) is 2.46. The predicted molar refractivity (Wildman–Crippen MR) is 80.2 cm³/mol. The normalized spacial score (nSPS) is 13.6. The zero-order valence-corrected chi connectivity index (χ0v) is 13.0. The number of carbonyl (C=O) groups excluding carboxylic acids is 2. The van der Waals surface area contributed by atoms with E-state index in [1.165, 1.54) is 7.11 Å². The van der Waals surface area contributed by atoms with E-state index in [0.29, 0.717) is 12.8 Å². The van der Waals surface area contributed by atoms with Crippen molar-refractivity contribution in [2.75, 3.05) is 7.11 Å². The molecule has 5 heteroatoms. The molecule has 0 spiro atoms. The van der Waals surface area contributed by atoms with Crippen LogP contribution in [0.25, 0.3) is 0 Å². The van der Waals surface area contributed by atoms with E-state index in [2.05, 4.69) is 11.1 Å². The summed E-state index contributed by atoms with van der Waals surface area (Å²) in [6.07, 6.45) is 1.10. The molecule has 0 saturated carbocycles. The van der Waals surface area contributed by atoms with Gasteiger partial charge < -0.3 is 15.8 Å². The summed E-state index contributed by atoms with van der Waals surface area (Å²) in [6.45, 7) is 3.99. The molecule has 0 aliphatic carbocycles. The first-order chi connectivity index (χ1) is 9.93. The summed E-state index contributed by atoms with van der Waals surface area (Å²) in [6, 6.07) is 8.65. The van der Waals surface area contributed by atoms with E-state index in [1.807, 2.05) is 44.2 Å². The first kappa shape index (κ1) is 17.2. The number of esters is 1. The predicted octanol–water partition coefficient (Wildman–Crippen LogP) is 0.544. The molecule has 0 saturated heterocycles. The van der Waals surface area contributed by atoms with E-state index < -0.39 is 18.1 Å². The highest BCUT2D eigenvalue weighted by molar-refractivity contribution is 5.86. The highest BCUT2D eigenvalue weighted by atomic mass is 16.5. The first-order valence-electron chi connectivity index (χ1n) is 7.19. The number of rotatable bonds is 7. The summed E-state index contributed by atoms with van der Waals surface area (Å²) in [5, 5.41) is 2.74. The highest BCUT2D eigenvalue weighted by Gasteiger charge is 2.26. The van der Waals surface area contributed by atoms with E-state index in [1.54, 1.807) is 0 Å². The quantitative estimate of drug-likeness (QED) is 0.720. The number of ether oxygens (including phenoxy) is 1. The van der Waals surface area contributed by atoms with Crippen molar-refractivity contribution in [3.63, 3.8) is 0 Å². The summed E-state index contributed by atoms with van der Waals surface area (Å²) < 4.78 is 4.74. The minimum Gasteiger partial charge on any atom is -0.467 e. The Hall–Kier alpha value is -1.88. The topological polar surface area (TPSA) is 83.0 Å². The number of quaternary nitrogens is 1. The fourth-order valence-electron chi connectivity index (χ4n) is 2.11. The van der Waals surface area contributed by atoms with Gasteiger partial charge in [-0.25, -0.2) is 4.79 Å². The van der Waals surface area contributed by atoms with Crippen LogP contribution >= 0.6 is 0 Å². The Kier molecular flexibility index (Phi) is 6.88. The molecule has 0 fully saturated rings. The number of carbonyl (C=O) groups is 2. The van der Waals surface area contributed by atoms with Crippen LogP contribution in [0, 0.1) is 5.92 Å². The lowest BCUT2D eigenvalue weighted by molar-refractivity contribution is -0.403. The number of benzene rings is 1. The molecular formula is C16H25N2O3+. The van der Waals surface area contributed by atoms with Crippen LogP contribution in [0.3, 0.4) is 0 Å². The van der Waals surface area contributed by atoms with E-state index >= 15 is 0 Å². The molecular weight excluding hydrogens is 268 g/mol. The third-order valence-electron chi connectivity index (χ3n) is 3.21. The van der Waals surface area contributed by atoms with Crippen molar-refractivity contribution in [1.82, 2.24) is 5.32 Å². The van der Waals surface area contributed by atoms with Crippen molar-refractivity contribution in [3.05, 3.63) is 35.9 Å². The molecule has 4 N–H and O–H groups in total. The lowest BCUT2D eigenvalue weighted by Gasteiger charge is -2.19. The van der Waals surface area contributed by atoms with Gasteiger partial charge in [0.25, 0.3) is 5.91 Å². The Morgan fingerprint density at radius 1 is 1.24 bits per heavy atom. The van der Waals surface area contributed by atoms with Gasteiger partial charge >= 0.3 is 5.97 Å². The average molecular weight is 293 g/mol. The van der Waals surface area contributed by atoms with Crippen molar-refractivity contribution in [2.24, 2.45) is 5.92 Å². The van der Waals surface area contributed by atoms with Crippen molar-refractivity contribution in [1.29, 1.82) is 0 Å². The third-order valence-corrected chi connectivity index (χ3v) is 3.21. The fourth-order valence-corrected chi connectivity index (χ4v) is 2.11. The van der Waals surface area contributed by atoms with Gasteiger partial charge in [0.15, 0.2) is 6.04 Å². The van der Waals surface area contributed by atoms with Crippen LogP contribution in [0.4, 0.5) is 0 Å². The zero-order valence-electron chi connectivity index (χ0n) is 13.0. The lowest BCUT2D eigenvalue weighted by atomic mass is 10.0. The molecule has 21 heavy (non-hydrogen) atoms. The largest absolute Gasteiger partial charge is 0.467 e. The molecule has 5 nitrogen and oxygen atoms in total. The van der Waals surface area contributed by atoms with Crippen LogP contribution in [0.1, 0.15) is 25.8 Å². The van der Waals surface area contributed by atoms with E-state index in [9.17, 15) is 9.59 Å². The van der Waals surface area contributed by atoms with Crippen LogP contribution in [-0.4, -0.2) is 31.1 Å². The number of methoxy groups -OCH3 is 1. The Morgan fingerprint density at radius 3 is 2.38 bits per heavy atom. The second-order valence-electron chi connectivity index (χ2n) is 5.60. The second-order valence-corrected chi connectivity index (χ2v) is 5.60. The van der Waals surface area contributed by atoms with Gasteiger partial charge in [0.2, 0.25) is 0 Å². The van der Waals surface area contributed by atoms with Gasteiger partial charge in [0, 0.05) is 6.42 Å². The van der Waals surface area contributed by atoms with Gasteiger partial charge in [0.1, 0.15) is 6.04 Å². The van der Waals surface area contributed by atoms with Crippen molar-refractivity contribution >= 4 is 11.9 Å². The second kappa shape index (κ2) is 8.42. The molecule has 0 aliphatic rings. The number of hydrogen-bond acceptors (Lipinski definition) is 3. The number of hydrogen-bond donors (Lipinski definition) is 2. The Balaban J connectivity index is 2.61. The van der Waals surface area contributed by atoms with Crippen molar-refractivity contribution < 1.29 is 20.1 Å². The molecule has 0 aliphatic heterocycles. The summed E-state index contributed by atoms with van der Waals surface area (Å²) >= 11 is 0. The molecule has 0 bridgehead atoms. The Bertz CT molecular complexity index is 460. The smallest absolute Gasteiger partial charge is 0.328 e. The maximum absolute atomic E-state index is 12.2. The van der Waals surface area contributed by atoms with Crippen LogP contribution in [-0.2, 0) is 20.7 Å². The summed E-state index contributed by atoms with van der Waals surface area (Å²) in [5.41, 5.74) is 4.93. The molecule has 0 aromatic heterocycles. The Morgan fingerprint density at radius 2 is 1.86 bits per heavy atom. The maximum atomic E-state index is 12.2. The maximum Gasteiger partial charge on any atom is 0.328 e. The van der Waals surface area contributed by atoms with Crippen LogP contribution in [0.15, 0.2) is 30.3 Å². The number of nitrogens with one attached hydrogen (secondary N) is 1. The van der Waals surface area contributed by atoms with Gasteiger partial charge in [-0.15, -0.1) is 0 Å². The van der Waals surface area contributed by atoms with Gasteiger partial charge in [0.05, 0.1) is 7.11 Å². The van der Waals surface area contributed by atoms with Gasteiger partial charge in [-0.3, -0.25) is 4.79 Å². The molecule has 1 aromatic rings. The summed E-state index contributed by atoms with van der Waals surface area (Å²) in [5.74, 6) is -0.356. The van der Waals surface area contributed by atoms with Gasteiger partial charge in [-0.2, -0.15) is 0 Å². The van der Waals surface area contributed by atoms with Crippen molar-refractivity contribution in [2.45, 2.75) is 38.8 Å². The first-order valence-corrected chi connectivity index (χ1v) is 7.19. The molecule has 116 valence electrons. The molecule has 0 radical (unpaired) electrons. The zero-order chi connectivity index (χ0) is 15.8. The monoisotopic (exact) mass is 293 g/mol. The molecule has 2 atom stereocenters. The summed E-state index contributed by atoms with van der Waals surface area (Å²) in [7, 11) is 1.33. The van der Waals surface area contributed by atoms with Crippen LogP contribution < -0.4 is 11.1 Å². The summed E-state index contributed by atoms with van der Waals surface area (Å²) in [4.78, 5) is 23.9. The Labute approximate surface area is 125 Å². The molecule has 1 rings (SSSR count). The lowest BCUT2D eigenvalue weighted by Crippen LogP contribution is -2.69. The third kappa shape index (κ3) is 5.95. The molecule has 1 amide bonds. The minimum atomic E-state index is -0.609. The standard InChI is InChI=1S/C16H24N2O3/c1-11(2)9-14(16(20)21-3)18-15(19)13(17)10-12-7-5-4-6-8-12/h4-8,11,13-14H,9-10,17H2,1-3H3,(H,18,19)/p+1/t13-,14-/m1/s1. The van der Waals surface area contributed by atoms with Crippen molar-refractivity contribution in [3.8, 4) is 0 Å². The highest BCUT2D eigenvalue weighted by Crippen LogP contribution is 2.07. The SMILES string of the molecule is COC(=O)[C@@H](CC(C)C)NC(=O)[C@H]([NH3+])Cc1ccccc1. The molecule has 0 unspecified atom stereocenters. The fraction of sp³-hybridized carbons (Fsp3) is 0.500. The minimum absolute atomic E-state index is 0.227. The van der Waals surface area contributed by atoms with E-state index in [4.69, 9.17) is 4.74 Å². The van der Waals surface area contributed by atoms with Gasteiger partial charge in [-0.1, -0.05) is 44.2 Å². The van der Waals surface area contributed by atoms with Crippen LogP contribution in [0.5, 0.6) is 0 Å². The number of amides is 1. The molecule has 1 aromatic carbocycles. The van der Waals surface area contributed by atoms with Crippen LogP contribution in [0.2, 0.25) is 0 Å². The van der Waals surface area contributed by atoms with E-state index in [-0.39, 0.29) is 11.8 Å². The van der Waals surface area contributed by atoms with E-state index in [0.717, 1.165) is 5.56 Å². The molecule has 0 heterocycles.